The number of aryl methyl sites for hydroxylation is 1. The van der Waals surface area contributed by atoms with Crippen LogP contribution in [0.15, 0.2) is 48.8 Å². The first-order chi connectivity index (χ1) is 10.3. The van der Waals surface area contributed by atoms with Gasteiger partial charge in [0.1, 0.15) is 5.82 Å². The van der Waals surface area contributed by atoms with Gasteiger partial charge in [0, 0.05) is 25.4 Å². The predicted molar refractivity (Wildman–Crippen MR) is 83.4 cm³/mol. The summed E-state index contributed by atoms with van der Waals surface area (Å²) in [5.74, 6) is 6.77. The van der Waals surface area contributed by atoms with Crippen molar-refractivity contribution in [2.45, 2.75) is 25.9 Å². The number of pyridine rings is 1. The molecule has 1 aromatic carbocycles. The van der Waals surface area contributed by atoms with E-state index in [0.717, 1.165) is 29.9 Å². The summed E-state index contributed by atoms with van der Waals surface area (Å²) in [6.45, 7) is 3.03. The molecule has 0 spiro atoms. The minimum Gasteiger partial charge on any atom is -0.328 e. The van der Waals surface area contributed by atoms with Gasteiger partial charge in [-0.05, 0) is 36.8 Å². The quantitative estimate of drug-likeness (QED) is 0.555. The lowest BCUT2D eigenvalue weighted by Gasteiger charge is -2.16. The summed E-state index contributed by atoms with van der Waals surface area (Å²) in [4.78, 5) is 8.80. The van der Waals surface area contributed by atoms with Crippen molar-refractivity contribution in [1.82, 2.24) is 20.0 Å². The van der Waals surface area contributed by atoms with Gasteiger partial charge >= 0.3 is 0 Å². The SMILES string of the molecule is CCn1c(CC(NN)c2ccncc2)nc2ccccc21. The number of benzene rings is 1. The fourth-order valence-corrected chi connectivity index (χ4v) is 2.69. The van der Waals surface area contributed by atoms with Crippen molar-refractivity contribution >= 4 is 11.0 Å². The molecular formula is C16H19N5. The highest BCUT2D eigenvalue weighted by molar-refractivity contribution is 5.75. The van der Waals surface area contributed by atoms with Gasteiger partial charge in [-0.2, -0.15) is 0 Å². The second-order valence-electron chi connectivity index (χ2n) is 4.96. The van der Waals surface area contributed by atoms with Gasteiger partial charge in [0.05, 0.1) is 17.1 Å². The van der Waals surface area contributed by atoms with E-state index in [1.807, 2.05) is 30.3 Å². The Kier molecular flexibility index (Phi) is 3.94. The van der Waals surface area contributed by atoms with Crippen LogP contribution in [0.5, 0.6) is 0 Å². The normalized spacial score (nSPS) is 12.7. The summed E-state index contributed by atoms with van der Waals surface area (Å²) < 4.78 is 2.24. The van der Waals surface area contributed by atoms with Crippen LogP contribution in [0, 0.1) is 0 Å². The molecule has 5 heteroatoms. The number of imidazole rings is 1. The highest BCUT2D eigenvalue weighted by Gasteiger charge is 2.16. The first-order valence-corrected chi connectivity index (χ1v) is 7.13. The Morgan fingerprint density at radius 2 is 1.95 bits per heavy atom. The molecule has 2 heterocycles. The molecule has 0 aliphatic carbocycles. The van der Waals surface area contributed by atoms with Crippen LogP contribution in [0.2, 0.25) is 0 Å². The number of nitrogens with two attached hydrogens (primary N) is 1. The summed E-state index contributed by atoms with van der Waals surface area (Å²) in [5, 5.41) is 0. The van der Waals surface area contributed by atoms with Crippen LogP contribution >= 0.6 is 0 Å². The summed E-state index contributed by atoms with van der Waals surface area (Å²) in [7, 11) is 0. The molecule has 0 saturated heterocycles. The van der Waals surface area contributed by atoms with Gasteiger partial charge in [-0.1, -0.05) is 12.1 Å². The van der Waals surface area contributed by atoms with Crippen molar-refractivity contribution in [1.29, 1.82) is 0 Å². The van der Waals surface area contributed by atoms with Gasteiger partial charge in [0.15, 0.2) is 0 Å². The van der Waals surface area contributed by atoms with Crippen molar-refractivity contribution in [3.63, 3.8) is 0 Å². The Morgan fingerprint density at radius 1 is 1.19 bits per heavy atom. The third-order valence-corrected chi connectivity index (χ3v) is 3.75. The molecule has 0 fully saturated rings. The highest BCUT2D eigenvalue weighted by atomic mass is 15.2. The van der Waals surface area contributed by atoms with E-state index >= 15 is 0 Å². The molecule has 1 unspecified atom stereocenters. The Hall–Kier alpha value is -2.24. The van der Waals surface area contributed by atoms with Crippen LogP contribution in [0.3, 0.4) is 0 Å². The van der Waals surface area contributed by atoms with Gasteiger partial charge in [0.25, 0.3) is 0 Å². The Balaban J connectivity index is 1.97. The number of aromatic nitrogens is 3. The van der Waals surface area contributed by atoms with Crippen molar-refractivity contribution in [2.24, 2.45) is 5.84 Å². The molecule has 0 saturated carbocycles. The lowest BCUT2D eigenvalue weighted by atomic mass is 10.1. The van der Waals surface area contributed by atoms with Crippen LogP contribution in [0.4, 0.5) is 0 Å². The number of hydrogen-bond acceptors (Lipinski definition) is 4. The van der Waals surface area contributed by atoms with E-state index < -0.39 is 0 Å². The second-order valence-corrected chi connectivity index (χ2v) is 4.96. The summed E-state index contributed by atoms with van der Waals surface area (Å²) >= 11 is 0. The van der Waals surface area contributed by atoms with E-state index in [0.29, 0.717) is 0 Å². The van der Waals surface area contributed by atoms with E-state index in [9.17, 15) is 0 Å². The van der Waals surface area contributed by atoms with Crippen LogP contribution < -0.4 is 11.3 Å². The van der Waals surface area contributed by atoms with E-state index in [1.165, 1.54) is 5.52 Å². The molecule has 0 aliphatic heterocycles. The monoisotopic (exact) mass is 281 g/mol. The first kappa shape index (κ1) is 13.7. The van der Waals surface area contributed by atoms with E-state index in [1.54, 1.807) is 12.4 Å². The molecule has 2 aromatic heterocycles. The summed E-state index contributed by atoms with van der Waals surface area (Å²) in [6.07, 6.45) is 4.30. The molecule has 21 heavy (non-hydrogen) atoms. The van der Waals surface area contributed by atoms with Crippen LogP contribution in [-0.2, 0) is 13.0 Å². The number of hydrogen-bond donors (Lipinski definition) is 2. The first-order valence-electron chi connectivity index (χ1n) is 7.13. The predicted octanol–water partition coefficient (Wildman–Crippen LogP) is 2.20. The molecule has 1 atom stereocenters. The number of nitrogens with zero attached hydrogens (tertiary/aromatic N) is 3. The summed E-state index contributed by atoms with van der Waals surface area (Å²) in [5.41, 5.74) is 6.19. The molecular weight excluding hydrogens is 262 g/mol. The Labute approximate surface area is 123 Å². The number of para-hydroxylation sites is 2. The average molecular weight is 281 g/mol. The van der Waals surface area contributed by atoms with Crippen molar-refractivity contribution in [3.8, 4) is 0 Å². The minimum absolute atomic E-state index is 0.0233. The van der Waals surface area contributed by atoms with Gasteiger partial charge in [-0.15, -0.1) is 0 Å². The fraction of sp³-hybridized carbons (Fsp3) is 0.250. The topological polar surface area (TPSA) is 68.8 Å². The van der Waals surface area contributed by atoms with Crippen LogP contribution in [-0.4, -0.2) is 14.5 Å². The van der Waals surface area contributed by atoms with Gasteiger partial charge in [-0.3, -0.25) is 16.3 Å². The molecule has 3 N–H and O–H groups in total. The van der Waals surface area contributed by atoms with Crippen molar-refractivity contribution in [2.75, 3.05) is 0 Å². The number of nitrogens with one attached hydrogen (secondary N) is 1. The Morgan fingerprint density at radius 3 is 2.67 bits per heavy atom. The molecule has 5 nitrogen and oxygen atoms in total. The maximum Gasteiger partial charge on any atom is 0.111 e. The molecule has 0 amide bonds. The number of hydrazine groups is 1. The van der Waals surface area contributed by atoms with Crippen LogP contribution in [0.1, 0.15) is 24.4 Å². The smallest absolute Gasteiger partial charge is 0.111 e. The largest absolute Gasteiger partial charge is 0.328 e. The molecule has 108 valence electrons. The minimum atomic E-state index is 0.0233. The van der Waals surface area contributed by atoms with E-state index in [-0.39, 0.29) is 6.04 Å². The number of rotatable bonds is 5. The zero-order valence-electron chi connectivity index (χ0n) is 12.0. The van der Waals surface area contributed by atoms with Gasteiger partial charge < -0.3 is 4.57 Å². The lowest BCUT2D eigenvalue weighted by Crippen LogP contribution is -2.30. The average Bonchev–Trinajstić information content (AvgIpc) is 2.90. The lowest BCUT2D eigenvalue weighted by molar-refractivity contribution is 0.525. The van der Waals surface area contributed by atoms with Crippen molar-refractivity contribution < 1.29 is 0 Å². The molecule has 3 rings (SSSR count). The standard InChI is InChI=1S/C16H19N5/c1-2-21-15-6-4-3-5-13(15)19-16(21)11-14(20-17)12-7-9-18-10-8-12/h3-10,14,20H,2,11,17H2,1H3. The molecule has 0 radical (unpaired) electrons. The van der Waals surface area contributed by atoms with Gasteiger partial charge in [-0.25, -0.2) is 4.98 Å². The zero-order chi connectivity index (χ0) is 14.7. The van der Waals surface area contributed by atoms with Crippen molar-refractivity contribution in [3.05, 3.63) is 60.2 Å². The number of fused-ring (bicyclic) bond motifs is 1. The Bertz CT molecular complexity index is 720. The summed E-state index contributed by atoms with van der Waals surface area (Å²) in [6, 6.07) is 12.2. The second kappa shape index (κ2) is 6.03. The van der Waals surface area contributed by atoms with E-state index in [2.05, 4.69) is 28.0 Å². The van der Waals surface area contributed by atoms with E-state index in [4.69, 9.17) is 10.8 Å². The fourth-order valence-electron chi connectivity index (χ4n) is 2.69. The molecule has 0 bridgehead atoms. The molecule has 0 aliphatic rings. The maximum absolute atomic E-state index is 5.73. The maximum atomic E-state index is 5.73. The van der Waals surface area contributed by atoms with Crippen LogP contribution in [0.25, 0.3) is 11.0 Å². The zero-order valence-corrected chi connectivity index (χ0v) is 12.0. The third-order valence-electron chi connectivity index (χ3n) is 3.75. The molecule has 3 aromatic rings. The third kappa shape index (κ3) is 2.66. The van der Waals surface area contributed by atoms with Gasteiger partial charge in [0.2, 0.25) is 0 Å². The highest BCUT2D eigenvalue weighted by Crippen LogP contribution is 2.21.